The summed E-state index contributed by atoms with van der Waals surface area (Å²) >= 11 is 0. The summed E-state index contributed by atoms with van der Waals surface area (Å²) in [5.74, 6) is 7.07. The highest BCUT2D eigenvalue weighted by atomic mass is 16.6. The average molecular weight is 359 g/mol. The molecule has 6 N–H and O–H groups in total. The summed E-state index contributed by atoms with van der Waals surface area (Å²) < 4.78 is 5.47. The van der Waals surface area contributed by atoms with E-state index in [1.54, 1.807) is 32.2 Å². The fraction of sp³-hybridized carbons (Fsp3) is 0.250. The number of aryl methyl sites for hydroxylation is 1. The molecule has 0 unspecified atom stereocenters. The zero-order valence-corrected chi connectivity index (χ0v) is 14.5. The van der Waals surface area contributed by atoms with Crippen LogP contribution in [0.3, 0.4) is 0 Å². The monoisotopic (exact) mass is 359 g/mol. The maximum absolute atomic E-state index is 11.0. The van der Waals surface area contributed by atoms with Crippen LogP contribution in [0.25, 0.3) is 0 Å². The summed E-state index contributed by atoms with van der Waals surface area (Å²) in [6.45, 7) is 3.65. The fourth-order valence-electron chi connectivity index (χ4n) is 2.11. The molecule has 0 aliphatic carbocycles. The molecule has 0 atom stereocenters. The number of allylic oxidation sites excluding steroid dienone is 1. The summed E-state index contributed by atoms with van der Waals surface area (Å²) in [7, 11) is 0. The third-order valence-corrected chi connectivity index (χ3v) is 3.70. The Kier molecular flexibility index (Phi) is 5.91. The van der Waals surface area contributed by atoms with Gasteiger partial charge in [-0.05, 0) is 19.9 Å². The van der Waals surface area contributed by atoms with Gasteiger partial charge in [-0.3, -0.25) is 10.1 Å². The number of hydrogen-bond acceptors (Lipinski definition) is 9. The van der Waals surface area contributed by atoms with Crippen molar-refractivity contribution in [1.82, 2.24) is 15.0 Å². The number of hydrazine groups is 1. The predicted octanol–water partition coefficient (Wildman–Crippen LogP) is 1.22. The summed E-state index contributed by atoms with van der Waals surface area (Å²) in [6, 6.07) is 6.07. The second-order valence-electron chi connectivity index (χ2n) is 5.58. The van der Waals surface area contributed by atoms with Crippen molar-refractivity contribution in [3.05, 3.63) is 63.4 Å². The van der Waals surface area contributed by atoms with Crippen molar-refractivity contribution in [2.24, 2.45) is 11.6 Å². The number of para-hydroxylation sites is 2. The van der Waals surface area contributed by atoms with Crippen molar-refractivity contribution < 1.29 is 9.66 Å². The first-order valence-electron chi connectivity index (χ1n) is 7.71. The Morgan fingerprint density at radius 2 is 2.08 bits per heavy atom. The summed E-state index contributed by atoms with van der Waals surface area (Å²) in [5.41, 5.74) is 13.3. The molecule has 10 nitrogen and oxygen atoms in total. The molecule has 0 radical (unpaired) electrons. The molecule has 10 heteroatoms. The number of nitrogen functional groups attached to an aromatic ring is 1. The first-order valence-corrected chi connectivity index (χ1v) is 7.71. The molecule has 2 rings (SSSR count). The van der Waals surface area contributed by atoms with E-state index >= 15 is 0 Å². The van der Waals surface area contributed by atoms with Crippen LogP contribution in [0.2, 0.25) is 0 Å². The summed E-state index contributed by atoms with van der Waals surface area (Å²) in [6.07, 6.45) is 1.60. The Morgan fingerprint density at radius 3 is 2.73 bits per heavy atom. The van der Waals surface area contributed by atoms with Crippen LogP contribution in [0.4, 0.5) is 11.5 Å². The normalized spacial score (nSPS) is 11.7. The van der Waals surface area contributed by atoms with E-state index in [1.807, 2.05) is 0 Å². The molecule has 1 aromatic carbocycles. The van der Waals surface area contributed by atoms with Gasteiger partial charge in [0.2, 0.25) is 0 Å². The lowest BCUT2D eigenvalue weighted by molar-refractivity contribution is -0.385. The zero-order valence-electron chi connectivity index (χ0n) is 14.5. The maximum atomic E-state index is 11.0. The number of anilines is 1. The van der Waals surface area contributed by atoms with Crippen LogP contribution in [0.5, 0.6) is 5.75 Å². The molecule has 0 amide bonds. The van der Waals surface area contributed by atoms with E-state index in [-0.39, 0.29) is 24.6 Å². The molecule has 0 saturated heterocycles. The molecular formula is C16H21N7O3. The molecule has 0 aliphatic heterocycles. The van der Waals surface area contributed by atoms with E-state index in [0.717, 1.165) is 0 Å². The standard InChI is InChI=1S/C16H21N7O3/c1-10(22(19)8-12-7-20-11(2)21-16(12)18)13(17)9-26-15-6-4-3-5-14(15)23(24)25/h3-7H,8-9,17,19H2,1-2H3,(H2,18,20,21)/b13-10-. The van der Waals surface area contributed by atoms with Crippen molar-refractivity contribution in [1.29, 1.82) is 0 Å². The molecule has 0 fully saturated rings. The second kappa shape index (κ2) is 8.12. The van der Waals surface area contributed by atoms with Crippen molar-refractivity contribution >= 4 is 11.5 Å². The van der Waals surface area contributed by atoms with E-state index in [4.69, 9.17) is 22.0 Å². The van der Waals surface area contributed by atoms with Gasteiger partial charge < -0.3 is 21.2 Å². The number of ether oxygens (including phenoxy) is 1. The SMILES string of the molecule is C/C(=C(/N)COc1ccccc1[N+](=O)[O-])N(N)Cc1cnc(C)nc1N. The van der Waals surface area contributed by atoms with E-state index in [0.29, 0.717) is 28.6 Å². The Labute approximate surface area is 150 Å². The fourth-order valence-corrected chi connectivity index (χ4v) is 2.11. The number of nitro groups is 1. The molecule has 1 heterocycles. The molecule has 2 aromatic rings. The van der Waals surface area contributed by atoms with E-state index in [2.05, 4.69) is 9.97 Å². The lowest BCUT2D eigenvalue weighted by Crippen LogP contribution is -2.32. The predicted molar refractivity (Wildman–Crippen MR) is 96.4 cm³/mol. The number of hydrogen-bond donors (Lipinski definition) is 3. The quantitative estimate of drug-likeness (QED) is 0.375. The Hall–Kier alpha value is -3.40. The second-order valence-corrected chi connectivity index (χ2v) is 5.58. The number of benzene rings is 1. The first kappa shape index (κ1) is 18.9. The van der Waals surface area contributed by atoms with Crippen molar-refractivity contribution in [3.8, 4) is 5.75 Å². The smallest absolute Gasteiger partial charge is 0.310 e. The highest BCUT2D eigenvalue weighted by Gasteiger charge is 2.15. The van der Waals surface area contributed by atoms with Crippen LogP contribution in [0.15, 0.2) is 41.9 Å². The molecular weight excluding hydrogens is 338 g/mol. The van der Waals surface area contributed by atoms with Gasteiger partial charge in [-0.2, -0.15) is 0 Å². The van der Waals surface area contributed by atoms with Crippen molar-refractivity contribution in [2.45, 2.75) is 20.4 Å². The third-order valence-electron chi connectivity index (χ3n) is 3.70. The van der Waals surface area contributed by atoms with Gasteiger partial charge in [0.05, 0.1) is 17.2 Å². The third kappa shape index (κ3) is 4.57. The van der Waals surface area contributed by atoms with Crippen LogP contribution < -0.4 is 22.0 Å². The molecule has 1 aromatic heterocycles. The Bertz CT molecular complexity index is 838. The van der Waals surface area contributed by atoms with Gasteiger partial charge in [-0.15, -0.1) is 0 Å². The number of nitro benzene ring substituents is 1. The Morgan fingerprint density at radius 1 is 1.38 bits per heavy atom. The van der Waals surface area contributed by atoms with Crippen molar-refractivity contribution in [2.75, 3.05) is 12.3 Å². The average Bonchev–Trinajstić information content (AvgIpc) is 2.61. The van der Waals surface area contributed by atoms with E-state index in [9.17, 15) is 10.1 Å². The van der Waals surface area contributed by atoms with Gasteiger partial charge in [0.1, 0.15) is 18.2 Å². The maximum Gasteiger partial charge on any atom is 0.310 e. The van der Waals surface area contributed by atoms with Gasteiger partial charge in [0, 0.05) is 23.5 Å². The number of rotatable bonds is 7. The van der Waals surface area contributed by atoms with Crippen LogP contribution in [-0.2, 0) is 6.54 Å². The van der Waals surface area contributed by atoms with Gasteiger partial charge in [-0.25, -0.2) is 15.8 Å². The molecule has 0 bridgehead atoms. The minimum Gasteiger partial charge on any atom is -0.480 e. The van der Waals surface area contributed by atoms with Crippen LogP contribution in [0.1, 0.15) is 18.3 Å². The van der Waals surface area contributed by atoms with Gasteiger partial charge >= 0.3 is 5.69 Å². The van der Waals surface area contributed by atoms with Gasteiger partial charge in [-0.1, -0.05) is 12.1 Å². The molecule has 0 aliphatic rings. The zero-order chi connectivity index (χ0) is 19.3. The van der Waals surface area contributed by atoms with E-state index in [1.165, 1.54) is 17.1 Å². The number of nitrogens with two attached hydrogens (primary N) is 3. The Balaban J connectivity index is 2.07. The molecule has 26 heavy (non-hydrogen) atoms. The summed E-state index contributed by atoms with van der Waals surface area (Å²) in [5, 5.41) is 12.4. The lowest BCUT2D eigenvalue weighted by Gasteiger charge is -2.22. The van der Waals surface area contributed by atoms with E-state index < -0.39 is 4.92 Å². The van der Waals surface area contributed by atoms with Gasteiger partial charge in [0.25, 0.3) is 0 Å². The van der Waals surface area contributed by atoms with Crippen LogP contribution in [0, 0.1) is 17.0 Å². The largest absolute Gasteiger partial charge is 0.480 e. The van der Waals surface area contributed by atoms with Crippen LogP contribution >= 0.6 is 0 Å². The minimum absolute atomic E-state index is 0.0513. The van der Waals surface area contributed by atoms with Gasteiger partial charge in [0.15, 0.2) is 5.75 Å². The first-order chi connectivity index (χ1) is 12.3. The molecule has 138 valence electrons. The summed E-state index contributed by atoms with van der Waals surface area (Å²) in [4.78, 5) is 18.7. The topological polar surface area (TPSA) is 159 Å². The number of aromatic nitrogens is 2. The molecule has 0 saturated carbocycles. The van der Waals surface area contributed by atoms with Crippen molar-refractivity contribution in [3.63, 3.8) is 0 Å². The van der Waals surface area contributed by atoms with Crippen LogP contribution in [-0.4, -0.2) is 26.5 Å². The highest BCUT2D eigenvalue weighted by molar-refractivity contribution is 5.45. The lowest BCUT2D eigenvalue weighted by atomic mass is 10.2. The minimum atomic E-state index is -0.516. The molecule has 0 spiro atoms. The highest BCUT2D eigenvalue weighted by Crippen LogP contribution is 2.26. The number of nitrogens with zero attached hydrogens (tertiary/aromatic N) is 4.